The zero-order valence-electron chi connectivity index (χ0n) is 13.0. The molecule has 21 heavy (non-hydrogen) atoms. The molecule has 6 nitrogen and oxygen atoms in total. The molecule has 1 atom stereocenters. The molecule has 116 valence electrons. The monoisotopic (exact) mass is 293 g/mol. The molecule has 0 fully saturated rings. The van der Waals surface area contributed by atoms with E-state index in [2.05, 4.69) is 19.2 Å². The third-order valence-electron chi connectivity index (χ3n) is 3.56. The second kappa shape index (κ2) is 7.73. The van der Waals surface area contributed by atoms with E-state index in [1.165, 1.54) is 6.07 Å². The van der Waals surface area contributed by atoms with Crippen molar-refractivity contribution in [2.75, 3.05) is 18.9 Å². The number of carbonyl (C=O) groups excluding carboxylic acids is 1. The van der Waals surface area contributed by atoms with Crippen LogP contribution >= 0.6 is 0 Å². The predicted molar refractivity (Wildman–Crippen MR) is 83.5 cm³/mol. The van der Waals surface area contributed by atoms with Gasteiger partial charge in [-0.2, -0.15) is 0 Å². The van der Waals surface area contributed by atoms with E-state index in [1.54, 1.807) is 19.1 Å². The van der Waals surface area contributed by atoms with E-state index < -0.39 is 4.92 Å². The van der Waals surface area contributed by atoms with Gasteiger partial charge in [0, 0.05) is 12.1 Å². The summed E-state index contributed by atoms with van der Waals surface area (Å²) in [6.45, 7) is 6.12. The minimum Gasteiger partial charge on any atom is -0.319 e. The van der Waals surface area contributed by atoms with E-state index in [4.69, 9.17) is 0 Å². The molecule has 0 aliphatic rings. The normalized spacial score (nSPS) is 12.2. The molecular formula is C15H23N3O3. The van der Waals surface area contributed by atoms with Crippen LogP contribution in [0.15, 0.2) is 18.2 Å². The summed E-state index contributed by atoms with van der Waals surface area (Å²) in [7, 11) is 1.88. The number of hydrogen-bond donors (Lipinski definition) is 1. The molecule has 0 unspecified atom stereocenters. The molecule has 1 aromatic carbocycles. The lowest BCUT2D eigenvalue weighted by molar-refractivity contribution is -0.384. The van der Waals surface area contributed by atoms with E-state index >= 15 is 0 Å². The Hall–Kier alpha value is -1.95. The summed E-state index contributed by atoms with van der Waals surface area (Å²) in [5, 5.41) is 13.7. The van der Waals surface area contributed by atoms with Crippen LogP contribution in [0.2, 0.25) is 0 Å². The van der Waals surface area contributed by atoms with Gasteiger partial charge in [0.15, 0.2) is 0 Å². The van der Waals surface area contributed by atoms with Crippen LogP contribution in [-0.4, -0.2) is 35.4 Å². The van der Waals surface area contributed by atoms with E-state index in [0.29, 0.717) is 11.6 Å². The van der Waals surface area contributed by atoms with Crippen LogP contribution in [0.1, 0.15) is 32.3 Å². The molecule has 0 saturated carbocycles. The first-order valence-corrected chi connectivity index (χ1v) is 7.10. The van der Waals surface area contributed by atoms with Crippen molar-refractivity contribution in [3.63, 3.8) is 0 Å². The summed E-state index contributed by atoms with van der Waals surface area (Å²) in [6.07, 6.45) is 2.06. The van der Waals surface area contributed by atoms with E-state index in [0.717, 1.165) is 12.8 Å². The van der Waals surface area contributed by atoms with Crippen molar-refractivity contribution in [3.05, 3.63) is 33.9 Å². The van der Waals surface area contributed by atoms with Gasteiger partial charge in [-0.3, -0.25) is 19.8 Å². The topological polar surface area (TPSA) is 75.5 Å². The second-order valence-electron chi connectivity index (χ2n) is 5.33. The molecule has 0 radical (unpaired) electrons. The molecule has 1 amide bonds. The van der Waals surface area contributed by atoms with Gasteiger partial charge in [-0.05, 0) is 32.9 Å². The number of anilines is 1. The van der Waals surface area contributed by atoms with Crippen molar-refractivity contribution in [2.24, 2.45) is 0 Å². The highest BCUT2D eigenvalue weighted by Gasteiger charge is 2.19. The number of hydrogen-bond acceptors (Lipinski definition) is 4. The van der Waals surface area contributed by atoms with E-state index in [1.807, 2.05) is 11.9 Å². The zero-order chi connectivity index (χ0) is 16.0. The molecule has 6 heteroatoms. The first kappa shape index (κ1) is 17.1. The van der Waals surface area contributed by atoms with Gasteiger partial charge in [0.25, 0.3) is 5.69 Å². The SMILES string of the molecule is CCC[C@@H](C)N(C)CC(=O)Nc1c(C)cccc1[N+](=O)[O-]. The maximum atomic E-state index is 12.1. The number of para-hydroxylation sites is 1. The number of nitro groups is 1. The molecule has 1 aromatic rings. The highest BCUT2D eigenvalue weighted by Crippen LogP contribution is 2.27. The smallest absolute Gasteiger partial charge is 0.293 e. The number of nitro benzene ring substituents is 1. The van der Waals surface area contributed by atoms with Gasteiger partial charge in [-0.25, -0.2) is 0 Å². The average Bonchev–Trinajstić information content (AvgIpc) is 2.40. The molecule has 1 N–H and O–H groups in total. The third kappa shape index (κ3) is 4.82. The van der Waals surface area contributed by atoms with Crippen molar-refractivity contribution in [2.45, 2.75) is 39.7 Å². The van der Waals surface area contributed by atoms with Crippen LogP contribution in [0.3, 0.4) is 0 Å². The molecular weight excluding hydrogens is 270 g/mol. The first-order chi connectivity index (χ1) is 9.86. The Bertz CT molecular complexity index is 517. The number of benzene rings is 1. The molecule has 0 aliphatic carbocycles. The zero-order valence-corrected chi connectivity index (χ0v) is 13.0. The van der Waals surface area contributed by atoms with Gasteiger partial charge in [0.2, 0.25) is 5.91 Å². The van der Waals surface area contributed by atoms with Crippen LogP contribution in [0.5, 0.6) is 0 Å². The van der Waals surface area contributed by atoms with Crippen molar-refractivity contribution < 1.29 is 9.72 Å². The molecule has 0 bridgehead atoms. The lowest BCUT2D eigenvalue weighted by atomic mass is 10.1. The van der Waals surface area contributed by atoms with Gasteiger partial charge in [0.1, 0.15) is 5.69 Å². The summed E-state index contributed by atoms with van der Waals surface area (Å²) >= 11 is 0. The fourth-order valence-electron chi connectivity index (χ4n) is 2.17. The number of nitrogens with one attached hydrogen (secondary N) is 1. The van der Waals surface area contributed by atoms with E-state index in [-0.39, 0.29) is 23.8 Å². The Morgan fingerprint density at radius 3 is 2.71 bits per heavy atom. The molecule has 0 aliphatic heterocycles. The Balaban J connectivity index is 2.78. The van der Waals surface area contributed by atoms with Crippen LogP contribution in [0, 0.1) is 17.0 Å². The minimum absolute atomic E-state index is 0.0763. The van der Waals surface area contributed by atoms with Crippen LogP contribution in [0.25, 0.3) is 0 Å². The van der Waals surface area contributed by atoms with Crippen LogP contribution in [0.4, 0.5) is 11.4 Å². The highest BCUT2D eigenvalue weighted by atomic mass is 16.6. The Labute approximate surface area is 125 Å². The van der Waals surface area contributed by atoms with Gasteiger partial charge in [-0.15, -0.1) is 0 Å². The number of carbonyl (C=O) groups is 1. The fraction of sp³-hybridized carbons (Fsp3) is 0.533. The fourth-order valence-corrected chi connectivity index (χ4v) is 2.17. The summed E-state index contributed by atoms with van der Waals surface area (Å²) < 4.78 is 0. The van der Waals surface area contributed by atoms with E-state index in [9.17, 15) is 14.9 Å². The quantitative estimate of drug-likeness (QED) is 0.619. The average molecular weight is 293 g/mol. The maximum absolute atomic E-state index is 12.1. The Morgan fingerprint density at radius 2 is 2.14 bits per heavy atom. The first-order valence-electron chi connectivity index (χ1n) is 7.10. The lowest BCUT2D eigenvalue weighted by Gasteiger charge is -2.23. The highest BCUT2D eigenvalue weighted by molar-refractivity contribution is 5.95. The second-order valence-corrected chi connectivity index (χ2v) is 5.33. The maximum Gasteiger partial charge on any atom is 0.293 e. The Kier molecular flexibility index (Phi) is 6.30. The van der Waals surface area contributed by atoms with Crippen molar-refractivity contribution in [3.8, 4) is 0 Å². The van der Waals surface area contributed by atoms with Gasteiger partial charge in [0.05, 0.1) is 11.5 Å². The van der Waals surface area contributed by atoms with Crippen molar-refractivity contribution in [1.82, 2.24) is 4.90 Å². The standard InChI is InChI=1S/C15H23N3O3/c1-5-7-12(3)17(4)10-14(19)16-15-11(2)8-6-9-13(15)18(20)21/h6,8-9,12H,5,7,10H2,1-4H3,(H,16,19)/t12-/m1/s1. The van der Waals surface area contributed by atoms with Crippen LogP contribution in [-0.2, 0) is 4.79 Å². The summed E-state index contributed by atoms with van der Waals surface area (Å²) in [6, 6.07) is 5.05. The number of likely N-dealkylation sites (N-methyl/N-ethyl adjacent to an activating group) is 1. The minimum atomic E-state index is -0.480. The predicted octanol–water partition coefficient (Wildman–Crippen LogP) is 2.96. The van der Waals surface area contributed by atoms with Gasteiger partial charge in [-0.1, -0.05) is 25.5 Å². The van der Waals surface area contributed by atoms with Gasteiger partial charge >= 0.3 is 0 Å². The largest absolute Gasteiger partial charge is 0.319 e. The van der Waals surface area contributed by atoms with Crippen molar-refractivity contribution in [1.29, 1.82) is 0 Å². The summed E-state index contributed by atoms with van der Waals surface area (Å²) in [5.41, 5.74) is 0.887. The van der Waals surface area contributed by atoms with Crippen LogP contribution < -0.4 is 5.32 Å². The third-order valence-corrected chi connectivity index (χ3v) is 3.56. The van der Waals surface area contributed by atoms with Gasteiger partial charge < -0.3 is 5.32 Å². The van der Waals surface area contributed by atoms with Crippen molar-refractivity contribution >= 4 is 17.3 Å². The number of amides is 1. The number of rotatable bonds is 7. The molecule has 0 saturated heterocycles. The number of nitrogens with zero attached hydrogens (tertiary/aromatic N) is 2. The summed E-state index contributed by atoms with van der Waals surface area (Å²) in [5.74, 6) is -0.238. The molecule has 1 rings (SSSR count). The molecule has 0 spiro atoms. The Morgan fingerprint density at radius 1 is 1.48 bits per heavy atom. The molecule has 0 aromatic heterocycles. The molecule has 0 heterocycles. The lowest BCUT2D eigenvalue weighted by Crippen LogP contribution is -2.36. The number of aryl methyl sites for hydroxylation is 1. The summed E-state index contributed by atoms with van der Waals surface area (Å²) in [4.78, 5) is 24.6.